The van der Waals surface area contributed by atoms with E-state index in [0.29, 0.717) is 13.2 Å². The minimum Gasteiger partial charge on any atom is -0.367 e. The molecule has 70 valence electrons. The fourth-order valence-electron chi connectivity index (χ4n) is 1.24. The third kappa shape index (κ3) is 1.76. The molecule has 1 aliphatic rings. The maximum Gasteiger partial charge on any atom is 0.230 e. The van der Waals surface area contributed by atoms with Crippen molar-refractivity contribution >= 4 is 5.78 Å². The molecule has 1 atom stereocenters. The number of rotatable bonds is 2. The van der Waals surface area contributed by atoms with Crippen LogP contribution < -0.4 is 5.32 Å². The van der Waals surface area contributed by atoms with Crippen molar-refractivity contribution in [2.24, 2.45) is 0 Å². The Morgan fingerprint density at radius 2 is 2.62 bits per heavy atom. The molecule has 1 aromatic rings. The Kier molecular flexibility index (Phi) is 2.37. The maximum atomic E-state index is 11.6. The highest BCUT2D eigenvalue weighted by molar-refractivity contribution is 5.97. The molecule has 1 saturated heterocycles. The Morgan fingerprint density at radius 3 is 3.23 bits per heavy atom. The molecule has 0 amide bonds. The van der Waals surface area contributed by atoms with Crippen LogP contribution in [0.25, 0.3) is 0 Å². The van der Waals surface area contributed by atoms with E-state index in [-0.39, 0.29) is 11.5 Å². The molecule has 0 radical (unpaired) electrons. The van der Waals surface area contributed by atoms with Gasteiger partial charge in [-0.1, -0.05) is 5.16 Å². The quantitative estimate of drug-likeness (QED) is 0.644. The normalized spacial score (nSPS) is 22.9. The van der Waals surface area contributed by atoms with Crippen LogP contribution in [0, 0.1) is 0 Å². The summed E-state index contributed by atoms with van der Waals surface area (Å²) in [4.78, 5) is 11.6. The van der Waals surface area contributed by atoms with Gasteiger partial charge in [0, 0.05) is 19.2 Å². The largest absolute Gasteiger partial charge is 0.367 e. The van der Waals surface area contributed by atoms with Gasteiger partial charge in [0.15, 0.2) is 0 Å². The summed E-state index contributed by atoms with van der Waals surface area (Å²) in [6, 6.07) is 1.54. The molecular weight excluding hydrogens is 172 g/mol. The summed E-state index contributed by atoms with van der Waals surface area (Å²) in [5.74, 6) is 0.110. The highest BCUT2D eigenvalue weighted by Gasteiger charge is 2.25. The summed E-state index contributed by atoms with van der Waals surface area (Å²) in [6.07, 6.45) is 1.02. The molecule has 0 bridgehead atoms. The van der Waals surface area contributed by atoms with Crippen molar-refractivity contribution in [3.63, 3.8) is 0 Å². The maximum absolute atomic E-state index is 11.6. The van der Waals surface area contributed by atoms with Crippen LogP contribution in [-0.2, 0) is 4.74 Å². The first-order chi connectivity index (χ1) is 6.38. The average Bonchev–Trinajstić information content (AvgIpc) is 2.71. The van der Waals surface area contributed by atoms with Gasteiger partial charge in [-0.25, -0.2) is 0 Å². The third-order valence-electron chi connectivity index (χ3n) is 1.90. The molecule has 2 heterocycles. The van der Waals surface area contributed by atoms with Crippen LogP contribution in [0.1, 0.15) is 10.6 Å². The smallest absolute Gasteiger partial charge is 0.230 e. The van der Waals surface area contributed by atoms with Gasteiger partial charge in [0.1, 0.15) is 6.10 Å². The lowest BCUT2D eigenvalue weighted by Crippen LogP contribution is -2.43. The summed E-state index contributed by atoms with van der Waals surface area (Å²) in [6.45, 7) is 1.89. The van der Waals surface area contributed by atoms with E-state index in [2.05, 4.69) is 10.5 Å². The van der Waals surface area contributed by atoms with Gasteiger partial charge >= 0.3 is 0 Å². The molecule has 1 aliphatic heterocycles. The van der Waals surface area contributed by atoms with Gasteiger partial charge in [-0.3, -0.25) is 4.79 Å². The van der Waals surface area contributed by atoms with Gasteiger partial charge in [-0.05, 0) is 0 Å². The second kappa shape index (κ2) is 3.68. The zero-order valence-corrected chi connectivity index (χ0v) is 7.03. The lowest BCUT2D eigenvalue weighted by Gasteiger charge is -2.21. The number of morpholine rings is 1. The highest BCUT2D eigenvalue weighted by Crippen LogP contribution is 2.06. The van der Waals surface area contributed by atoms with Crippen LogP contribution in [0.5, 0.6) is 0 Å². The second-order valence-electron chi connectivity index (χ2n) is 2.80. The number of carbonyl (C=O) groups excluding carboxylic acids is 1. The van der Waals surface area contributed by atoms with Gasteiger partial charge in [0.2, 0.25) is 11.5 Å². The molecule has 1 unspecified atom stereocenters. The number of aromatic nitrogens is 1. The SMILES string of the molecule is O=C(c1ccno1)C1CNCCO1. The van der Waals surface area contributed by atoms with Gasteiger partial charge in [-0.2, -0.15) is 0 Å². The van der Waals surface area contributed by atoms with Crippen molar-refractivity contribution < 1.29 is 14.1 Å². The van der Waals surface area contributed by atoms with Crippen LogP contribution in [0.3, 0.4) is 0 Å². The minimum atomic E-state index is -0.429. The molecular formula is C8H10N2O3. The second-order valence-corrected chi connectivity index (χ2v) is 2.80. The number of ether oxygens (including phenoxy) is 1. The van der Waals surface area contributed by atoms with Gasteiger partial charge in [-0.15, -0.1) is 0 Å². The van der Waals surface area contributed by atoms with E-state index in [1.165, 1.54) is 6.20 Å². The average molecular weight is 182 g/mol. The monoisotopic (exact) mass is 182 g/mol. The van der Waals surface area contributed by atoms with Crippen molar-refractivity contribution in [2.45, 2.75) is 6.10 Å². The Bertz CT molecular complexity index is 278. The van der Waals surface area contributed by atoms with Crippen LogP contribution in [0.4, 0.5) is 0 Å². The number of hydrogen-bond donors (Lipinski definition) is 1. The van der Waals surface area contributed by atoms with Crippen LogP contribution in [-0.4, -0.2) is 36.7 Å². The molecule has 0 spiro atoms. The van der Waals surface area contributed by atoms with E-state index >= 15 is 0 Å². The van der Waals surface area contributed by atoms with Gasteiger partial charge in [0.05, 0.1) is 12.8 Å². The standard InChI is InChI=1S/C8H10N2O3/c11-8(6-1-2-10-13-6)7-5-9-3-4-12-7/h1-2,7,9H,3-5H2. The summed E-state index contributed by atoms with van der Waals surface area (Å²) >= 11 is 0. The molecule has 0 aliphatic carbocycles. The summed E-state index contributed by atoms with van der Waals surface area (Å²) in [5, 5.41) is 6.54. The molecule has 0 aromatic carbocycles. The van der Waals surface area contributed by atoms with Gasteiger partial charge in [0.25, 0.3) is 0 Å². The molecule has 2 rings (SSSR count). The van der Waals surface area contributed by atoms with E-state index < -0.39 is 6.10 Å². The van der Waals surface area contributed by atoms with Gasteiger partial charge < -0.3 is 14.6 Å². The molecule has 1 fully saturated rings. The molecule has 0 saturated carbocycles. The highest BCUT2D eigenvalue weighted by atomic mass is 16.5. The lowest BCUT2D eigenvalue weighted by atomic mass is 10.1. The summed E-state index contributed by atoms with van der Waals surface area (Å²) in [7, 11) is 0. The number of nitrogens with zero attached hydrogens (tertiary/aromatic N) is 1. The van der Waals surface area contributed by atoms with Crippen LogP contribution in [0.2, 0.25) is 0 Å². The van der Waals surface area contributed by atoms with Crippen LogP contribution >= 0.6 is 0 Å². The van der Waals surface area contributed by atoms with Crippen molar-refractivity contribution in [3.8, 4) is 0 Å². The predicted molar refractivity (Wildman–Crippen MR) is 43.4 cm³/mol. The zero-order chi connectivity index (χ0) is 9.10. The van der Waals surface area contributed by atoms with Crippen molar-refractivity contribution in [1.29, 1.82) is 0 Å². The zero-order valence-electron chi connectivity index (χ0n) is 7.03. The predicted octanol–water partition coefficient (Wildman–Crippen LogP) is -0.154. The van der Waals surface area contributed by atoms with Crippen molar-refractivity contribution in [1.82, 2.24) is 10.5 Å². The number of ketones is 1. The van der Waals surface area contributed by atoms with Crippen LogP contribution in [0.15, 0.2) is 16.8 Å². The number of Topliss-reactive ketones (excluding diaryl/α,β-unsaturated/α-hetero) is 1. The van der Waals surface area contributed by atoms with E-state index in [4.69, 9.17) is 9.26 Å². The number of nitrogens with one attached hydrogen (secondary N) is 1. The fraction of sp³-hybridized carbons (Fsp3) is 0.500. The first kappa shape index (κ1) is 8.40. The molecule has 5 nitrogen and oxygen atoms in total. The Hall–Kier alpha value is -1.20. The Labute approximate surface area is 75.0 Å². The van der Waals surface area contributed by atoms with Crippen molar-refractivity contribution in [2.75, 3.05) is 19.7 Å². The number of hydrogen-bond acceptors (Lipinski definition) is 5. The topological polar surface area (TPSA) is 64.4 Å². The summed E-state index contributed by atoms with van der Waals surface area (Å²) < 4.78 is 10.0. The van der Waals surface area contributed by atoms with E-state index in [0.717, 1.165) is 6.54 Å². The fourth-order valence-corrected chi connectivity index (χ4v) is 1.24. The van der Waals surface area contributed by atoms with E-state index in [1.54, 1.807) is 6.07 Å². The molecule has 5 heteroatoms. The molecule has 1 N–H and O–H groups in total. The number of carbonyl (C=O) groups is 1. The first-order valence-electron chi connectivity index (χ1n) is 4.15. The summed E-state index contributed by atoms with van der Waals surface area (Å²) in [5.41, 5.74) is 0. The minimum absolute atomic E-state index is 0.148. The third-order valence-corrected chi connectivity index (χ3v) is 1.90. The van der Waals surface area contributed by atoms with Crippen molar-refractivity contribution in [3.05, 3.63) is 18.0 Å². The lowest BCUT2D eigenvalue weighted by molar-refractivity contribution is 0.0244. The van der Waals surface area contributed by atoms with E-state index in [1.807, 2.05) is 0 Å². The Morgan fingerprint density at radius 1 is 1.69 bits per heavy atom. The first-order valence-corrected chi connectivity index (χ1v) is 4.15. The molecule has 13 heavy (non-hydrogen) atoms. The van der Waals surface area contributed by atoms with E-state index in [9.17, 15) is 4.79 Å². The molecule has 1 aromatic heterocycles. The Balaban J connectivity index is 2.04.